The van der Waals surface area contributed by atoms with E-state index in [0.717, 1.165) is 0 Å². The predicted molar refractivity (Wildman–Crippen MR) is 72.9 cm³/mol. The van der Waals surface area contributed by atoms with E-state index in [1.54, 1.807) is 6.92 Å². The van der Waals surface area contributed by atoms with E-state index in [1.165, 1.54) is 4.90 Å². The molecule has 1 heterocycles. The Morgan fingerprint density at radius 2 is 2.15 bits per heavy atom. The summed E-state index contributed by atoms with van der Waals surface area (Å²) in [5, 5.41) is 5.51. The topological polar surface area (TPSA) is 87.7 Å². The largest absolute Gasteiger partial charge is 0.465 e. The van der Waals surface area contributed by atoms with Crippen molar-refractivity contribution in [1.29, 1.82) is 0 Å². The maximum Gasteiger partial charge on any atom is 0.325 e. The van der Waals surface area contributed by atoms with Crippen molar-refractivity contribution in [2.24, 2.45) is 5.92 Å². The lowest BCUT2D eigenvalue weighted by Crippen LogP contribution is -2.59. The highest BCUT2D eigenvalue weighted by Gasteiger charge is 2.29. The van der Waals surface area contributed by atoms with Crippen molar-refractivity contribution in [2.45, 2.75) is 26.8 Å². The fraction of sp³-hybridized carbons (Fsp3) is 0.769. The molecule has 2 amide bonds. The minimum Gasteiger partial charge on any atom is -0.465 e. The Kier molecular flexibility index (Phi) is 6.44. The van der Waals surface area contributed by atoms with Crippen molar-refractivity contribution in [3.63, 3.8) is 0 Å². The monoisotopic (exact) mass is 285 g/mol. The molecule has 0 radical (unpaired) electrons. The van der Waals surface area contributed by atoms with Crippen LogP contribution in [0.2, 0.25) is 0 Å². The number of carbonyl (C=O) groups excluding carboxylic acids is 3. The third kappa shape index (κ3) is 5.16. The molecule has 0 aromatic heterocycles. The van der Waals surface area contributed by atoms with Crippen molar-refractivity contribution >= 4 is 17.8 Å². The molecule has 0 saturated carbocycles. The first-order valence-electron chi connectivity index (χ1n) is 6.88. The van der Waals surface area contributed by atoms with Crippen LogP contribution in [0.25, 0.3) is 0 Å². The maximum atomic E-state index is 12.4. The van der Waals surface area contributed by atoms with Gasteiger partial charge in [-0.3, -0.25) is 19.7 Å². The molecule has 1 aliphatic heterocycles. The van der Waals surface area contributed by atoms with E-state index >= 15 is 0 Å². The normalized spacial score (nSPS) is 18.6. The van der Waals surface area contributed by atoms with Crippen molar-refractivity contribution in [3.05, 3.63) is 0 Å². The van der Waals surface area contributed by atoms with Crippen LogP contribution in [0, 0.1) is 5.92 Å². The van der Waals surface area contributed by atoms with Gasteiger partial charge in [0.1, 0.15) is 12.6 Å². The van der Waals surface area contributed by atoms with Crippen molar-refractivity contribution in [3.8, 4) is 0 Å². The lowest BCUT2D eigenvalue weighted by atomic mass is 10.1. The van der Waals surface area contributed by atoms with Gasteiger partial charge in [0.05, 0.1) is 13.2 Å². The Hall–Kier alpha value is -1.63. The molecule has 1 fully saturated rings. The molecule has 0 aromatic rings. The van der Waals surface area contributed by atoms with E-state index < -0.39 is 12.0 Å². The molecule has 20 heavy (non-hydrogen) atoms. The third-order valence-electron chi connectivity index (χ3n) is 2.83. The quantitative estimate of drug-likeness (QED) is 0.619. The molecule has 1 rings (SSSR count). The number of nitrogens with zero attached hydrogens (tertiary/aromatic N) is 1. The smallest absolute Gasteiger partial charge is 0.325 e. The van der Waals surface area contributed by atoms with E-state index in [4.69, 9.17) is 4.74 Å². The summed E-state index contributed by atoms with van der Waals surface area (Å²) in [6, 6.07) is -0.485. The van der Waals surface area contributed by atoms with Gasteiger partial charge in [0.25, 0.3) is 0 Å². The van der Waals surface area contributed by atoms with Crippen molar-refractivity contribution in [2.75, 3.05) is 32.8 Å². The van der Waals surface area contributed by atoms with Gasteiger partial charge in [0, 0.05) is 13.1 Å². The van der Waals surface area contributed by atoms with Gasteiger partial charge in [-0.25, -0.2) is 0 Å². The van der Waals surface area contributed by atoms with Crippen LogP contribution in [0.15, 0.2) is 0 Å². The SMILES string of the molecule is CCOC(=O)CN(CC(C)C)C(=O)C1CNC(=O)CN1. The van der Waals surface area contributed by atoms with Gasteiger partial charge in [-0.2, -0.15) is 0 Å². The second kappa shape index (κ2) is 7.84. The van der Waals surface area contributed by atoms with E-state index in [-0.39, 0.29) is 37.4 Å². The van der Waals surface area contributed by atoms with Gasteiger partial charge in [-0.05, 0) is 12.8 Å². The van der Waals surface area contributed by atoms with E-state index in [0.29, 0.717) is 13.2 Å². The average Bonchev–Trinajstić information content (AvgIpc) is 2.38. The summed E-state index contributed by atoms with van der Waals surface area (Å²) in [6.07, 6.45) is 0. The molecule has 2 N–H and O–H groups in total. The molecule has 0 aliphatic carbocycles. The summed E-state index contributed by atoms with van der Waals surface area (Å²) in [5.74, 6) is -0.491. The summed E-state index contributed by atoms with van der Waals surface area (Å²) in [5.41, 5.74) is 0. The molecule has 1 atom stereocenters. The number of rotatable bonds is 6. The molecule has 0 bridgehead atoms. The first-order valence-corrected chi connectivity index (χ1v) is 6.88. The van der Waals surface area contributed by atoms with Crippen LogP contribution >= 0.6 is 0 Å². The molecular weight excluding hydrogens is 262 g/mol. The second-order valence-corrected chi connectivity index (χ2v) is 5.16. The lowest BCUT2D eigenvalue weighted by molar-refractivity contribution is -0.150. The predicted octanol–water partition coefficient (Wildman–Crippen LogP) is -0.878. The third-order valence-corrected chi connectivity index (χ3v) is 2.83. The molecule has 1 aliphatic rings. The Bertz CT molecular complexity index is 361. The van der Waals surface area contributed by atoms with Crippen LogP contribution in [0.5, 0.6) is 0 Å². The number of esters is 1. The minimum absolute atomic E-state index is 0.0586. The fourth-order valence-electron chi connectivity index (χ4n) is 2.00. The Labute approximate surface area is 119 Å². The number of hydrogen-bond acceptors (Lipinski definition) is 5. The van der Waals surface area contributed by atoms with Crippen molar-refractivity contribution < 1.29 is 19.1 Å². The average molecular weight is 285 g/mol. The summed E-state index contributed by atoms with van der Waals surface area (Å²) < 4.78 is 4.89. The van der Waals surface area contributed by atoms with E-state index in [9.17, 15) is 14.4 Å². The number of carbonyl (C=O) groups is 3. The summed E-state index contributed by atoms with van der Waals surface area (Å²) in [4.78, 5) is 36.5. The van der Waals surface area contributed by atoms with Crippen LogP contribution in [0.4, 0.5) is 0 Å². The number of amides is 2. The first-order chi connectivity index (χ1) is 9.43. The molecule has 1 saturated heterocycles. The minimum atomic E-state index is -0.485. The fourth-order valence-corrected chi connectivity index (χ4v) is 2.00. The number of hydrogen-bond donors (Lipinski definition) is 2. The molecule has 7 heteroatoms. The zero-order chi connectivity index (χ0) is 15.1. The zero-order valence-electron chi connectivity index (χ0n) is 12.3. The van der Waals surface area contributed by atoms with E-state index in [1.807, 2.05) is 13.8 Å². The highest BCUT2D eigenvalue weighted by Crippen LogP contribution is 2.04. The van der Waals surface area contributed by atoms with Gasteiger partial charge in [0.2, 0.25) is 11.8 Å². The van der Waals surface area contributed by atoms with Gasteiger partial charge in [-0.1, -0.05) is 13.8 Å². The standard InChI is InChI=1S/C13H23N3O4/c1-4-20-12(18)8-16(7-9(2)3)13(19)10-5-15-11(17)6-14-10/h9-10,14H,4-8H2,1-3H3,(H,15,17). The first kappa shape index (κ1) is 16.4. The Morgan fingerprint density at radius 1 is 1.45 bits per heavy atom. The summed E-state index contributed by atoms with van der Waals surface area (Å²) >= 11 is 0. The number of ether oxygens (including phenoxy) is 1. The molecular formula is C13H23N3O4. The molecule has 0 spiro atoms. The van der Waals surface area contributed by atoms with Crippen LogP contribution in [-0.2, 0) is 19.1 Å². The molecule has 7 nitrogen and oxygen atoms in total. The molecule has 114 valence electrons. The van der Waals surface area contributed by atoms with Gasteiger partial charge < -0.3 is 15.0 Å². The Balaban J connectivity index is 2.63. The highest BCUT2D eigenvalue weighted by molar-refractivity contribution is 5.88. The van der Waals surface area contributed by atoms with Crippen LogP contribution in [0.1, 0.15) is 20.8 Å². The van der Waals surface area contributed by atoms with Crippen LogP contribution in [-0.4, -0.2) is 61.5 Å². The number of nitrogens with one attached hydrogen (secondary N) is 2. The number of piperazine rings is 1. The maximum absolute atomic E-state index is 12.4. The highest BCUT2D eigenvalue weighted by atomic mass is 16.5. The Morgan fingerprint density at radius 3 is 2.65 bits per heavy atom. The lowest BCUT2D eigenvalue weighted by Gasteiger charge is -2.30. The summed E-state index contributed by atoms with van der Waals surface area (Å²) in [6.45, 7) is 6.75. The van der Waals surface area contributed by atoms with Crippen LogP contribution < -0.4 is 10.6 Å². The molecule has 1 unspecified atom stereocenters. The van der Waals surface area contributed by atoms with Gasteiger partial charge in [0.15, 0.2) is 0 Å². The van der Waals surface area contributed by atoms with Gasteiger partial charge >= 0.3 is 5.97 Å². The summed E-state index contributed by atoms with van der Waals surface area (Å²) in [7, 11) is 0. The van der Waals surface area contributed by atoms with E-state index in [2.05, 4.69) is 10.6 Å². The zero-order valence-corrected chi connectivity index (χ0v) is 12.3. The molecule has 0 aromatic carbocycles. The van der Waals surface area contributed by atoms with Gasteiger partial charge in [-0.15, -0.1) is 0 Å². The van der Waals surface area contributed by atoms with Crippen LogP contribution in [0.3, 0.4) is 0 Å². The van der Waals surface area contributed by atoms with Crippen molar-refractivity contribution in [1.82, 2.24) is 15.5 Å². The second-order valence-electron chi connectivity index (χ2n) is 5.16.